The average Bonchev–Trinajstić information content (AvgIpc) is 2.17. The number of aromatic nitrogens is 1. The molecule has 0 aliphatic carbocycles. The third-order valence-electron chi connectivity index (χ3n) is 2.49. The zero-order chi connectivity index (χ0) is 11.0. The van der Waals surface area contributed by atoms with Crippen molar-refractivity contribution in [2.24, 2.45) is 0 Å². The topological polar surface area (TPSA) is 15.8 Å². The molecule has 0 radical (unpaired) electrons. The van der Waals surface area contributed by atoms with Crippen LogP contribution in [0.2, 0.25) is 5.02 Å². The molecule has 0 aliphatic heterocycles. The van der Waals surface area contributed by atoms with Crippen molar-refractivity contribution < 1.29 is 0 Å². The fraction of sp³-hybridized carbons (Fsp3) is 0.0833. The van der Waals surface area contributed by atoms with Gasteiger partial charge in [0.1, 0.15) is 4.64 Å². The van der Waals surface area contributed by atoms with Crippen molar-refractivity contribution in [2.75, 3.05) is 0 Å². The summed E-state index contributed by atoms with van der Waals surface area (Å²) in [4.78, 5) is 3.15. The molecule has 2 aromatic rings. The van der Waals surface area contributed by atoms with Crippen molar-refractivity contribution in [1.29, 1.82) is 0 Å². The molecule has 1 N–H and O–H groups in total. The first-order valence-electron chi connectivity index (χ1n) is 4.58. The Kier molecular flexibility index (Phi) is 2.63. The van der Waals surface area contributed by atoms with Crippen LogP contribution < -0.4 is 0 Å². The zero-order valence-corrected chi connectivity index (χ0v) is 9.88. The summed E-state index contributed by atoms with van der Waals surface area (Å²) in [6.45, 7) is 5.80. The number of rotatable bonds is 1. The van der Waals surface area contributed by atoms with Gasteiger partial charge in [-0.2, -0.15) is 0 Å². The normalized spacial score (nSPS) is 10.5. The Hall–Kier alpha value is -1.12. The molecule has 0 saturated heterocycles. The Bertz CT molecular complexity index is 598. The van der Waals surface area contributed by atoms with E-state index in [9.17, 15) is 0 Å². The van der Waals surface area contributed by atoms with Crippen molar-refractivity contribution in [3.63, 3.8) is 0 Å². The number of benzene rings is 1. The number of fused-ring (bicyclic) bond motifs is 1. The van der Waals surface area contributed by atoms with Crippen LogP contribution in [0.4, 0.5) is 0 Å². The number of nitrogens with one attached hydrogen (secondary N) is 1. The van der Waals surface area contributed by atoms with Gasteiger partial charge in [-0.05, 0) is 24.6 Å². The van der Waals surface area contributed by atoms with E-state index < -0.39 is 0 Å². The molecule has 0 fully saturated rings. The highest BCUT2D eigenvalue weighted by atomic mass is 35.5. The van der Waals surface area contributed by atoms with Gasteiger partial charge in [0.05, 0.1) is 0 Å². The lowest BCUT2D eigenvalue weighted by atomic mass is 10.1. The van der Waals surface area contributed by atoms with E-state index in [1.165, 1.54) is 0 Å². The van der Waals surface area contributed by atoms with Crippen LogP contribution in [0, 0.1) is 11.6 Å². The van der Waals surface area contributed by atoms with E-state index in [2.05, 4.69) is 11.6 Å². The summed E-state index contributed by atoms with van der Waals surface area (Å²) in [5.74, 6) is 0. The third-order valence-corrected chi connectivity index (χ3v) is 3.04. The number of halogens is 1. The van der Waals surface area contributed by atoms with Gasteiger partial charge in [0.15, 0.2) is 0 Å². The molecule has 0 atom stereocenters. The molecule has 1 heterocycles. The minimum atomic E-state index is 0.706. The van der Waals surface area contributed by atoms with E-state index in [0.717, 1.165) is 22.0 Å². The molecular weight excluding hydrogens is 226 g/mol. The highest BCUT2D eigenvalue weighted by molar-refractivity contribution is 7.71. The lowest BCUT2D eigenvalue weighted by molar-refractivity contribution is 1.32. The summed E-state index contributed by atoms with van der Waals surface area (Å²) in [6, 6.07) is 5.75. The molecule has 76 valence electrons. The van der Waals surface area contributed by atoms with E-state index in [4.69, 9.17) is 23.8 Å². The lowest BCUT2D eigenvalue weighted by Crippen LogP contribution is -1.89. The number of hydrogen-bond acceptors (Lipinski definition) is 1. The Morgan fingerprint density at radius 1 is 1.47 bits per heavy atom. The van der Waals surface area contributed by atoms with Gasteiger partial charge in [0, 0.05) is 21.5 Å². The summed E-state index contributed by atoms with van der Waals surface area (Å²) in [7, 11) is 0. The molecule has 3 heteroatoms. The monoisotopic (exact) mass is 235 g/mol. The van der Waals surface area contributed by atoms with Crippen LogP contribution in [0.3, 0.4) is 0 Å². The maximum atomic E-state index is 5.92. The van der Waals surface area contributed by atoms with Crippen molar-refractivity contribution in [3.8, 4) is 0 Å². The Morgan fingerprint density at radius 2 is 2.20 bits per heavy atom. The van der Waals surface area contributed by atoms with E-state index in [1.54, 1.807) is 6.08 Å². The lowest BCUT2D eigenvalue weighted by Gasteiger charge is -2.06. The number of aryl methyl sites for hydroxylation is 1. The van der Waals surface area contributed by atoms with Crippen molar-refractivity contribution >= 4 is 40.8 Å². The first kappa shape index (κ1) is 10.4. The van der Waals surface area contributed by atoms with Crippen LogP contribution in [-0.2, 0) is 0 Å². The number of aromatic amines is 1. The fourth-order valence-electron chi connectivity index (χ4n) is 1.70. The van der Waals surface area contributed by atoms with Crippen molar-refractivity contribution in [3.05, 3.63) is 45.6 Å². The Labute approximate surface area is 98.4 Å². The molecule has 0 unspecified atom stereocenters. The van der Waals surface area contributed by atoms with Crippen LogP contribution in [0.1, 0.15) is 11.1 Å². The maximum Gasteiger partial charge on any atom is 0.111 e. The van der Waals surface area contributed by atoms with Gasteiger partial charge < -0.3 is 4.98 Å². The highest BCUT2D eigenvalue weighted by Crippen LogP contribution is 2.24. The molecule has 0 amide bonds. The molecule has 0 aliphatic rings. The standard InChI is InChI=1S/C12H10ClNS/c1-3-9-7(2)10-5-4-8(13)6-11(10)14-12(9)15/h3-6H,1H2,2H3,(H,14,15). The van der Waals surface area contributed by atoms with E-state index in [1.807, 2.05) is 25.1 Å². The predicted octanol–water partition coefficient (Wildman–Crippen LogP) is 4.50. The van der Waals surface area contributed by atoms with Crippen LogP contribution in [0.25, 0.3) is 17.0 Å². The molecular formula is C12H10ClNS. The Balaban J connectivity index is 2.97. The maximum absolute atomic E-state index is 5.92. The van der Waals surface area contributed by atoms with Crippen molar-refractivity contribution in [2.45, 2.75) is 6.92 Å². The van der Waals surface area contributed by atoms with Gasteiger partial charge in [-0.15, -0.1) is 0 Å². The van der Waals surface area contributed by atoms with Gasteiger partial charge in [0.25, 0.3) is 0 Å². The molecule has 15 heavy (non-hydrogen) atoms. The summed E-state index contributed by atoms with van der Waals surface area (Å²) >= 11 is 11.2. The van der Waals surface area contributed by atoms with Crippen LogP contribution in [-0.4, -0.2) is 4.98 Å². The molecule has 0 saturated carbocycles. The van der Waals surface area contributed by atoms with Gasteiger partial charge >= 0.3 is 0 Å². The summed E-state index contributed by atoms with van der Waals surface area (Å²) in [6.07, 6.45) is 1.78. The number of H-pyrrole nitrogens is 1. The van der Waals surface area contributed by atoms with Crippen LogP contribution in [0.15, 0.2) is 24.8 Å². The highest BCUT2D eigenvalue weighted by Gasteiger charge is 2.04. The molecule has 0 bridgehead atoms. The summed E-state index contributed by atoms with van der Waals surface area (Å²) in [5.41, 5.74) is 3.09. The van der Waals surface area contributed by atoms with Crippen molar-refractivity contribution in [1.82, 2.24) is 4.98 Å². The van der Waals surface area contributed by atoms with Gasteiger partial charge in [-0.3, -0.25) is 0 Å². The fourth-order valence-corrected chi connectivity index (χ4v) is 2.22. The Morgan fingerprint density at radius 3 is 2.87 bits per heavy atom. The second kappa shape index (κ2) is 3.80. The molecule has 1 nitrogen and oxygen atoms in total. The van der Waals surface area contributed by atoms with Gasteiger partial charge in [-0.25, -0.2) is 0 Å². The second-order valence-electron chi connectivity index (χ2n) is 3.39. The van der Waals surface area contributed by atoms with E-state index in [0.29, 0.717) is 9.66 Å². The molecule has 2 rings (SSSR count). The predicted molar refractivity (Wildman–Crippen MR) is 69.0 cm³/mol. The zero-order valence-electron chi connectivity index (χ0n) is 8.30. The first-order valence-corrected chi connectivity index (χ1v) is 5.36. The van der Waals surface area contributed by atoms with Crippen LogP contribution >= 0.6 is 23.8 Å². The van der Waals surface area contributed by atoms with Gasteiger partial charge in [-0.1, -0.05) is 42.5 Å². The van der Waals surface area contributed by atoms with E-state index >= 15 is 0 Å². The minimum absolute atomic E-state index is 0.706. The molecule has 0 spiro atoms. The number of pyridine rings is 1. The summed E-state index contributed by atoms with van der Waals surface area (Å²) in [5, 5.41) is 1.84. The van der Waals surface area contributed by atoms with Gasteiger partial charge in [0.2, 0.25) is 0 Å². The smallest absolute Gasteiger partial charge is 0.111 e. The quantitative estimate of drug-likeness (QED) is 0.720. The molecule has 1 aromatic carbocycles. The number of hydrogen-bond donors (Lipinski definition) is 1. The largest absolute Gasteiger partial charge is 0.346 e. The molecule has 1 aromatic heterocycles. The van der Waals surface area contributed by atoms with Crippen LogP contribution in [0.5, 0.6) is 0 Å². The SMILES string of the molecule is C=Cc1c(C)c2ccc(Cl)cc2[nH]c1=S. The third kappa shape index (κ3) is 1.71. The minimum Gasteiger partial charge on any atom is -0.346 e. The average molecular weight is 236 g/mol. The summed E-state index contributed by atoms with van der Waals surface area (Å²) < 4.78 is 0.706. The second-order valence-corrected chi connectivity index (χ2v) is 4.23. The first-order chi connectivity index (χ1) is 7.13. The van der Waals surface area contributed by atoms with E-state index in [-0.39, 0.29) is 0 Å².